The largest absolute Gasteiger partial charge is 0.335 e. The van der Waals surface area contributed by atoms with E-state index in [-0.39, 0.29) is 12.0 Å². The Labute approximate surface area is 143 Å². The van der Waals surface area contributed by atoms with Gasteiger partial charge in [0.1, 0.15) is 5.82 Å². The zero-order valence-electron chi connectivity index (χ0n) is 14.3. The fraction of sp³-hybridized carbons (Fsp3) is 0.500. The number of fused-ring (bicyclic) bond motifs is 2. The van der Waals surface area contributed by atoms with Gasteiger partial charge in [-0.2, -0.15) is 0 Å². The first kappa shape index (κ1) is 15.4. The fourth-order valence-corrected chi connectivity index (χ4v) is 4.30. The molecule has 126 valence electrons. The van der Waals surface area contributed by atoms with E-state index in [1.54, 1.807) is 0 Å². The first-order chi connectivity index (χ1) is 11.8. The van der Waals surface area contributed by atoms with Gasteiger partial charge < -0.3 is 9.47 Å². The molecule has 0 unspecified atom stereocenters. The van der Waals surface area contributed by atoms with Gasteiger partial charge in [-0.05, 0) is 30.4 Å². The molecule has 0 bridgehead atoms. The molecular formula is C20H25N3O. The van der Waals surface area contributed by atoms with Gasteiger partial charge in [0.2, 0.25) is 5.91 Å². The third kappa shape index (κ3) is 2.64. The highest BCUT2D eigenvalue weighted by Crippen LogP contribution is 2.35. The lowest BCUT2D eigenvalue weighted by molar-refractivity contribution is -0.139. The second kappa shape index (κ2) is 6.42. The molecule has 0 N–H and O–H groups in total. The monoisotopic (exact) mass is 323 g/mol. The zero-order valence-corrected chi connectivity index (χ0v) is 14.3. The minimum Gasteiger partial charge on any atom is -0.335 e. The summed E-state index contributed by atoms with van der Waals surface area (Å²) < 4.78 is 2.18. The first-order valence-corrected chi connectivity index (χ1v) is 9.16. The van der Waals surface area contributed by atoms with E-state index >= 15 is 0 Å². The predicted molar refractivity (Wildman–Crippen MR) is 93.5 cm³/mol. The molecule has 0 aliphatic carbocycles. The molecule has 4 rings (SSSR count). The van der Waals surface area contributed by atoms with Crippen LogP contribution in [0.5, 0.6) is 0 Å². The van der Waals surface area contributed by atoms with Gasteiger partial charge in [0, 0.05) is 37.8 Å². The minimum atomic E-state index is 0.0875. The summed E-state index contributed by atoms with van der Waals surface area (Å²) in [5.41, 5.74) is 2.77. The molecule has 4 heteroatoms. The molecule has 24 heavy (non-hydrogen) atoms. The number of nitrogens with zero attached hydrogens (tertiary/aromatic N) is 3. The van der Waals surface area contributed by atoms with Crippen LogP contribution in [0.2, 0.25) is 0 Å². The minimum absolute atomic E-state index is 0.0875. The molecule has 1 amide bonds. The smallest absolute Gasteiger partial charge is 0.226 e. The van der Waals surface area contributed by atoms with Crippen molar-refractivity contribution in [1.82, 2.24) is 14.5 Å². The van der Waals surface area contributed by atoms with Crippen molar-refractivity contribution in [3.8, 4) is 0 Å². The average molecular weight is 323 g/mol. The summed E-state index contributed by atoms with van der Waals surface area (Å²) in [5, 5.41) is 0. The van der Waals surface area contributed by atoms with Gasteiger partial charge in [-0.1, -0.05) is 37.6 Å². The van der Waals surface area contributed by atoms with Crippen LogP contribution in [-0.2, 0) is 24.2 Å². The normalized spacial score (nSPS) is 22.8. The van der Waals surface area contributed by atoms with E-state index in [1.807, 2.05) is 12.4 Å². The summed E-state index contributed by atoms with van der Waals surface area (Å²) in [7, 11) is 0. The van der Waals surface area contributed by atoms with Crippen molar-refractivity contribution in [2.75, 3.05) is 6.54 Å². The Hall–Kier alpha value is -2.10. The molecule has 0 saturated heterocycles. The number of hydrogen-bond donors (Lipinski definition) is 0. The number of hydrogen-bond acceptors (Lipinski definition) is 2. The highest BCUT2D eigenvalue weighted by molar-refractivity contribution is 5.80. The van der Waals surface area contributed by atoms with E-state index < -0.39 is 0 Å². The Morgan fingerprint density at radius 2 is 2.17 bits per heavy atom. The van der Waals surface area contributed by atoms with Crippen LogP contribution >= 0.6 is 0 Å². The summed E-state index contributed by atoms with van der Waals surface area (Å²) in [6.45, 7) is 3.97. The fourth-order valence-electron chi connectivity index (χ4n) is 4.30. The number of amides is 1. The van der Waals surface area contributed by atoms with Gasteiger partial charge in [-0.3, -0.25) is 4.79 Å². The van der Waals surface area contributed by atoms with Gasteiger partial charge in [-0.25, -0.2) is 4.98 Å². The molecule has 0 fully saturated rings. The lowest BCUT2D eigenvalue weighted by Gasteiger charge is -2.40. The maximum absolute atomic E-state index is 13.3. The zero-order chi connectivity index (χ0) is 16.5. The molecule has 3 heterocycles. The van der Waals surface area contributed by atoms with E-state index in [2.05, 4.69) is 45.6 Å². The lowest BCUT2D eigenvalue weighted by atomic mass is 9.87. The standard InChI is InChI=1S/C20H25N3O/c1-2-5-18-17-7-4-3-6-15(17)9-12-23(18)20(24)16-8-11-22-13-10-21-19(22)14-16/h3-4,6-7,10,13,16,18H,2,5,8-9,11-12,14H2,1H3/t16-,18+/m1/s1. The predicted octanol–water partition coefficient (Wildman–Crippen LogP) is 3.37. The van der Waals surface area contributed by atoms with Crippen LogP contribution in [0.4, 0.5) is 0 Å². The quantitative estimate of drug-likeness (QED) is 0.868. The van der Waals surface area contributed by atoms with Gasteiger partial charge in [0.15, 0.2) is 0 Å². The Kier molecular flexibility index (Phi) is 4.13. The average Bonchev–Trinajstić information content (AvgIpc) is 3.09. The maximum atomic E-state index is 13.3. The SMILES string of the molecule is CCC[C@H]1c2ccccc2CCN1C(=O)[C@@H]1CCn2ccnc2C1. The van der Waals surface area contributed by atoms with Crippen molar-refractivity contribution >= 4 is 5.91 Å². The summed E-state index contributed by atoms with van der Waals surface area (Å²) in [6, 6.07) is 8.89. The topological polar surface area (TPSA) is 38.1 Å². The maximum Gasteiger partial charge on any atom is 0.226 e. The number of benzene rings is 1. The van der Waals surface area contributed by atoms with Gasteiger partial charge in [0.25, 0.3) is 0 Å². The summed E-state index contributed by atoms with van der Waals surface area (Å²) >= 11 is 0. The lowest BCUT2D eigenvalue weighted by Crippen LogP contribution is -2.44. The van der Waals surface area contributed by atoms with E-state index in [1.165, 1.54) is 11.1 Å². The van der Waals surface area contributed by atoms with Crippen LogP contribution in [0.25, 0.3) is 0 Å². The van der Waals surface area contributed by atoms with Crippen molar-refractivity contribution in [2.24, 2.45) is 5.92 Å². The van der Waals surface area contributed by atoms with Crippen molar-refractivity contribution in [1.29, 1.82) is 0 Å². The van der Waals surface area contributed by atoms with Crippen molar-refractivity contribution in [3.05, 3.63) is 53.6 Å². The molecule has 2 aromatic rings. The molecule has 4 nitrogen and oxygen atoms in total. The molecule has 2 aliphatic heterocycles. The van der Waals surface area contributed by atoms with E-state index in [0.29, 0.717) is 5.91 Å². The highest BCUT2D eigenvalue weighted by atomic mass is 16.2. The second-order valence-electron chi connectivity index (χ2n) is 7.01. The third-order valence-electron chi connectivity index (χ3n) is 5.56. The van der Waals surface area contributed by atoms with E-state index in [9.17, 15) is 4.79 Å². The van der Waals surface area contributed by atoms with Gasteiger partial charge in [0.05, 0.1) is 6.04 Å². The number of aromatic nitrogens is 2. The second-order valence-corrected chi connectivity index (χ2v) is 7.01. The number of imidazole rings is 1. The molecule has 2 atom stereocenters. The highest BCUT2D eigenvalue weighted by Gasteiger charge is 2.35. The van der Waals surface area contributed by atoms with Crippen molar-refractivity contribution < 1.29 is 4.79 Å². The Morgan fingerprint density at radius 3 is 3.04 bits per heavy atom. The third-order valence-corrected chi connectivity index (χ3v) is 5.56. The van der Waals surface area contributed by atoms with Crippen LogP contribution in [0.15, 0.2) is 36.7 Å². The molecular weight excluding hydrogens is 298 g/mol. The molecule has 2 aliphatic rings. The van der Waals surface area contributed by atoms with Crippen LogP contribution in [0.3, 0.4) is 0 Å². The number of carbonyl (C=O) groups excluding carboxylic acids is 1. The summed E-state index contributed by atoms with van der Waals surface area (Å²) in [4.78, 5) is 19.8. The molecule has 0 saturated carbocycles. The number of carbonyl (C=O) groups is 1. The Bertz CT molecular complexity index is 736. The van der Waals surface area contributed by atoms with Crippen LogP contribution in [0, 0.1) is 5.92 Å². The number of rotatable bonds is 3. The van der Waals surface area contributed by atoms with Gasteiger partial charge >= 0.3 is 0 Å². The van der Waals surface area contributed by atoms with Crippen molar-refractivity contribution in [3.63, 3.8) is 0 Å². The van der Waals surface area contributed by atoms with Crippen LogP contribution < -0.4 is 0 Å². The van der Waals surface area contributed by atoms with Crippen molar-refractivity contribution in [2.45, 2.75) is 51.6 Å². The molecule has 0 radical (unpaired) electrons. The van der Waals surface area contributed by atoms with E-state index in [0.717, 1.165) is 51.0 Å². The summed E-state index contributed by atoms with van der Waals surface area (Å²) in [5.74, 6) is 1.48. The Morgan fingerprint density at radius 1 is 1.29 bits per heavy atom. The number of aryl methyl sites for hydroxylation is 1. The van der Waals surface area contributed by atoms with Gasteiger partial charge in [-0.15, -0.1) is 0 Å². The Balaban J connectivity index is 1.58. The molecule has 1 aromatic heterocycles. The molecule has 0 spiro atoms. The van der Waals surface area contributed by atoms with E-state index in [4.69, 9.17) is 0 Å². The van der Waals surface area contributed by atoms with Crippen LogP contribution in [0.1, 0.15) is 49.2 Å². The first-order valence-electron chi connectivity index (χ1n) is 9.16. The molecule has 1 aromatic carbocycles. The summed E-state index contributed by atoms with van der Waals surface area (Å²) in [6.07, 6.45) is 8.69. The van der Waals surface area contributed by atoms with Crippen LogP contribution in [-0.4, -0.2) is 26.9 Å².